The Morgan fingerprint density at radius 1 is 1.06 bits per heavy atom. The quantitative estimate of drug-likeness (QED) is 0.365. The lowest BCUT2D eigenvalue weighted by molar-refractivity contribution is 0.0858. The summed E-state index contributed by atoms with van der Waals surface area (Å²) in [7, 11) is -4.01. The number of amides is 1. The van der Waals surface area contributed by atoms with Gasteiger partial charge in [0.2, 0.25) is 0 Å². The molecule has 0 bridgehead atoms. The van der Waals surface area contributed by atoms with Crippen molar-refractivity contribution in [3.05, 3.63) is 93.6 Å². The van der Waals surface area contributed by atoms with Gasteiger partial charge in [-0.25, -0.2) is 8.42 Å². The van der Waals surface area contributed by atoms with Crippen LogP contribution in [-0.2, 0) is 21.3 Å². The number of fused-ring (bicyclic) bond motifs is 1. The number of nitrogens with zero attached hydrogens (tertiary/aromatic N) is 1. The zero-order valence-electron chi connectivity index (χ0n) is 19.3. The predicted molar refractivity (Wildman–Crippen MR) is 140 cm³/mol. The third kappa shape index (κ3) is 5.20. The van der Waals surface area contributed by atoms with Crippen molar-refractivity contribution < 1.29 is 17.9 Å². The molecule has 2 heterocycles. The van der Waals surface area contributed by atoms with Crippen LogP contribution in [0.15, 0.2) is 82.5 Å². The highest BCUT2D eigenvalue weighted by Crippen LogP contribution is 2.25. The largest absolute Gasteiger partial charge is 0.376 e. The van der Waals surface area contributed by atoms with Crippen LogP contribution in [0.5, 0.6) is 0 Å². The van der Waals surface area contributed by atoms with E-state index in [9.17, 15) is 18.0 Å². The highest BCUT2D eigenvalue weighted by molar-refractivity contribution is 7.92. The van der Waals surface area contributed by atoms with Crippen molar-refractivity contribution in [3.8, 4) is 0 Å². The number of sulfonamides is 1. The van der Waals surface area contributed by atoms with Crippen molar-refractivity contribution in [3.63, 3.8) is 0 Å². The van der Waals surface area contributed by atoms with Gasteiger partial charge in [0.1, 0.15) is 0 Å². The zero-order chi connectivity index (χ0) is 25.1. The number of aromatic nitrogens is 1. The summed E-state index contributed by atoms with van der Waals surface area (Å²) in [5.41, 5.74) is 2.05. The monoisotopic (exact) mass is 523 g/mol. The first-order chi connectivity index (χ1) is 17.4. The number of carbonyl (C=O) groups excluding carboxylic acids is 1. The van der Waals surface area contributed by atoms with Crippen LogP contribution in [0.25, 0.3) is 10.2 Å². The molecule has 3 aromatic carbocycles. The number of anilines is 1. The fraction of sp³-hybridized carbons (Fsp3) is 0.231. The molecule has 1 amide bonds. The molecule has 2 N–H and O–H groups in total. The Morgan fingerprint density at radius 3 is 2.61 bits per heavy atom. The van der Waals surface area contributed by atoms with Gasteiger partial charge in [-0.3, -0.25) is 18.9 Å². The lowest BCUT2D eigenvalue weighted by Gasteiger charge is -2.14. The Kier molecular flexibility index (Phi) is 6.90. The molecule has 0 radical (unpaired) electrons. The van der Waals surface area contributed by atoms with Crippen molar-refractivity contribution in [1.82, 2.24) is 9.88 Å². The van der Waals surface area contributed by atoms with E-state index < -0.39 is 10.0 Å². The van der Waals surface area contributed by atoms with Gasteiger partial charge in [0.05, 0.1) is 39.0 Å². The molecule has 36 heavy (non-hydrogen) atoms. The van der Waals surface area contributed by atoms with Gasteiger partial charge in [-0.05, 0) is 48.7 Å². The van der Waals surface area contributed by atoms with Crippen molar-refractivity contribution >= 4 is 43.2 Å². The molecule has 5 rings (SSSR count). The minimum absolute atomic E-state index is 0.0117. The normalized spacial score (nSPS) is 15.7. The maximum atomic E-state index is 13.2. The van der Waals surface area contributed by atoms with Crippen molar-refractivity contribution in [2.24, 2.45) is 0 Å². The highest BCUT2D eigenvalue weighted by Gasteiger charge is 2.22. The summed E-state index contributed by atoms with van der Waals surface area (Å²) in [6, 6.07) is 20.7. The average molecular weight is 524 g/mol. The summed E-state index contributed by atoms with van der Waals surface area (Å²) in [6.45, 7) is 1.46. The first-order valence-corrected chi connectivity index (χ1v) is 13.9. The van der Waals surface area contributed by atoms with Crippen molar-refractivity contribution in [2.45, 2.75) is 30.4 Å². The van der Waals surface area contributed by atoms with Gasteiger partial charge in [0.15, 0.2) is 0 Å². The smallest absolute Gasteiger partial charge is 0.308 e. The van der Waals surface area contributed by atoms with Crippen molar-refractivity contribution in [2.75, 3.05) is 17.9 Å². The molecule has 8 nitrogen and oxygen atoms in total. The lowest BCUT2D eigenvalue weighted by atomic mass is 10.1. The maximum Gasteiger partial charge on any atom is 0.308 e. The molecule has 1 unspecified atom stereocenters. The second-order valence-corrected chi connectivity index (χ2v) is 11.2. The standard InChI is InChI=1S/C26H25N3O5S2/c30-25(27-16-19-9-6-14-34-19)21-10-4-5-11-22(21)28-36(32,33)20-12-13-23-24(15-20)35-26(31)29(23)17-18-7-2-1-3-8-18/h1-5,7-8,10-13,15,19,28H,6,9,14,16-17H2,(H,27,30). The van der Waals surface area contributed by atoms with Crippen LogP contribution in [-0.4, -0.2) is 38.1 Å². The average Bonchev–Trinajstić information content (AvgIpc) is 3.51. The van der Waals surface area contributed by atoms with E-state index in [1.165, 1.54) is 12.1 Å². The minimum atomic E-state index is -4.01. The Balaban J connectivity index is 1.38. The zero-order valence-corrected chi connectivity index (χ0v) is 21.0. The molecule has 186 valence electrons. The number of hydrogen-bond donors (Lipinski definition) is 2. The molecule has 0 spiro atoms. The number of thiazole rings is 1. The Morgan fingerprint density at radius 2 is 1.83 bits per heavy atom. The summed E-state index contributed by atoms with van der Waals surface area (Å²) in [5, 5.41) is 2.83. The van der Waals surface area contributed by atoms with Gasteiger partial charge in [-0.15, -0.1) is 0 Å². The molecule has 10 heteroatoms. The molecule has 4 aromatic rings. The number of nitrogens with one attached hydrogen (secondary N) is 2. The van der Waals surface area contributed by atoms with E-state index in [1.807, 2.05) is 30.3 Å². The second kappa shape index (κ2) is 10.3. The predicted octanol–water partition coefficient (Wildman–Crippen LogP) is 3.82. The number of carbonyl (C=O) groups is 1. The highest BCUT2D eigenvalue weighted by atomic mass is 32.2. The molecule has 1 atom stereocenters. The molecule has 0 saturated carbocycles. The van der Waals surface area contributed by atoms with E-state index >= 15 is 0 Å². The Labute approximate surface area is 212 Å². The summed E-state index contributed by atoms with van der Waals surface area (Å²) < 4.78 is 36.7. The number of para-hydroxylation sites is 1. The van der Waals surface area contributed by atoms with E-state index in [0.717, 1.165) is 29.7 Å². The molecule has 1 aliphatic rings. The minimum Gasteiger partial charge on any atom is -0.376 e. The van der Waals surface area contributed by atoms with Crippen molar-refractivity contribution in [1.29, 1.82) is 0 Å². The fourth-order valence-electron chi connectivity index (χ4n) is 4.21. The van der Waals surface area contributed by atoms with Gasteiger partial charge >= 0.3 is 4.87 Å². The maximum absolute atomic E-state index is 13.2. The molecule has 1 aromatic heterocycles. The first kappa shape index (κ1) is 24.2. The second-order valence-electron chi connectivity index (χ2n) is 8.57. The summed E-state index contributed by atoms with van der Waals surface area (Å²) in [5.74, 6) is -0.379. The molecular formula is C26H25N3O5S2. The van der Waals surface area contributed by atoms with Gasteiger partial charge in [-0.1, -0.05) is 53.8 Å². The van der Waals surface area contributed by atoms with Gasteiger partial charge < -0.3 is 10.1 Å². The molecule has 1 aliphatic heterocycles. The van der Waals surface area contributed by atoms with Crippen LogP contribution in [0, 0.1) is 0 Å². The molecular weight excluding hydrogens is 498 g/mol. The van der Waals surface area contributed by atoms with E-state index in [4.69, 9.17) is 4.74 Å². The van der Waals surface area contributed by atoms with Gasteiger partial charge in [-0.2, -0.15) is 0 Å². The number of rotatable bonds is 8. The summed E-state index contributed by atoms with van der Waals surface area (Å²) >= 11 is 1.00. The van der Waals surface area contributed by atoms with Crippen LogP contribution < -0.4 is 14.9 Å². The first-order valence-electron chi connectivity index (χ1n) is 11.6. The van der Waals surface area contributed by atoms with E-state index in [0.29, 0.717) is 29.9 Å². The summed E-state index contributed by atoms with van der Waals surface area (Å²) in [6.07, 6.45) is 1.83. The van der Waals surface area contributed by atoms with Crippen LogP contribution >= 0.6 is 11.3 Å². The van der Waals surface area contributed by atoms with E-state index in [2.05, 4.69) is 10.0 Å². The summed E-state index contributed by atoms with van der Waals surface area (Å²) in [4.78, 5) is 25.3. The van der Waals surface area contributed by atoms with Crippen LogP contribution in [0.4, 0.5) is 5.69 Å². The van der Waals surface area contributed by atoms with Crippen LogP contribution in [0.3, 0.4) is 0 Å². The number of ether oxygens (including phenoxy) is 1. The Bertz CT molecular complexity index is 1560. The molecule has 1 fully saturated rings. The van der Waals surface area contributed by atoms with Gasteiger partial charge in [0, 0.05) is 13.2 Å². The SMILES string of the molecule is O=C(NCC1CCCO1)c1ccccc1NS(=O)(=O)c1ccc2c(c1)sc(=O)n2Cc1ccccc1. The number of benzene rings is 3. The number of hydrogen-bond acceptors (Lipinski definition) is 6. The third-order valence-corrected chi connectivity index (χ3v) is 8.37. The molecule has 0 aliphatic carbocycles. The third-order valence-electron chi connectivity index (χ3n) is 6.06. The fourth-order valence-corrected chi connectivity index (χ4v) is 6.32. The van der Waals surface area contributed by atoms with Crippen LogP contribution in [0.2, 0.25) is 0 Å². The molecule has 1 saturated heterocycles. The van der Waals surface area contributed by atoms with E-state index in [-0.39, 0.29) is 33.0 Å². The van der Waals surface area contributed by atoms with E-state index in [1.54, 1.807) is 34.9 Å². The van der Waals surface area contributed by atoms with Crippen LogP contribution in [0.1, 0.15) is 28.8 Å². The Hall–Kier alpha value is -3.47. The van der Waals surface area contributed by atoms with Gasteiger partial charge in [0.25, 0.3) is 15.9 Å². The topological polar surface area (TPSA) is 106 Å². The lowest BCUT2D eigenvalue weighted by Crippen LogP contribution is -2.32.